The lowest BCUT2D eigenvalue weighted by Crippen LogP contribution is -2.38. The maximum atomic E-state index is 13.2. The largest absolute Gasteiger partial charge is 0.493 e. The van der Waals surface area contributed by atoms with Crippen LogP contribution in [0.2, 0.25) is 0 Å². The zero-order chi connectivity index (χ0) is 22.7. The van der Waals surface area contributed by atoms with E-state index in [0.717, 1.165) is 36.1 Å². The number of hydrogen-bond acceptors (Lipinski definition) is 4. The van der Waals surface area contributed by atoms with Crippen molar-refractivity contribution in [3.8, 4) is 28.6 Å². The molecule has 0 unspecified atom stereocenters. The van der Waals surface area contributed by atoms with E-state index in [1.54, 1.807) is 11.8 Å². The van der Waals surface area contributed by atoms with Crippen LogP contribution in [0.4, 0.5) is 0 Å². The van der Waals surface area contributed by atoms with Crippen molar-refractivity contribution >= 4 is 5.91 Å². The molecule has 0 bridgehead atoms. The topological polar surface area (TPSA) is 56.6 Å². The Bertz CT molecular complexity index is 1070. The smallest absolute Gasteiger partial charge is 0.226 e. The van der Waals surface area contributed by atoms with Crippen molar-refractivity contribution in [1.29, 1.82) is 0 Å². The highest BCUT2D eigenvalue weighted by atomic mass is 16.5. The molecule has 4 rings (SSSR count). The van der Waals surface area contributed by atoms with Gasteiger partial charge < -0.3 is 14.4 Å². The zero-order valence-corrected chi connectivity index (χ0v) is 19.2. The molecule has 0 saturated heterocycles. The Kier molecular flexibility index (Phi) is 6.49. The second-order valence-corrected chi connectivity index (χ2v) is 8.37. The third-order valence-corrected chi connectivity index (χ3v) is 6.07. The van der Waals surface area contributed by atoms with Crippen LogP contribution >= 0.6 is 0 Å². The predicted octanol–water partition coefficient (Wildman–Crippen LogP) is 5.43. The lowest BCUT2D eigenvalue weighted by molar-refractivity contribution is -0.135. The summed E-state index contributed by atoms with van der Waals surface area (Å²) in [6.45, 7) is 4.68. The van der Waals surface area contributed by atoms with Crippen molar-refractivity contribution in [2.24, 2.45) is 13.0 Å². The van der Waals surface area contributed by atoms with Crippen molar-refractivity contribution in [2.75, 3.05) is 7.11 Å². The third-order valence-electron chi connectivity index (χ3n) is 6.07. The molecule has 1 aliphatic rings. The fourth-order valence-corrected chi connectivity index (χ4v) is 3.86. The summed E-state index contributed by atoms with van der Waals surface area (Å²) in [6.07, 6.45) is 2.85. The van der Waals surface area contributed by atoms with Crippen LogP contribution < -0.4 is 9.47 Å². The summed E-state index contributed by atoms with van der Waals surface area (Å²) in [6, 6.07) is 17.7. The minimum Gasteiger partial charge on any atom is -0.493 e. The molecule has 0 radical (unpaired) electrons. The van der Waals surface area contributed by atoms with Crippen LogP contribution in [0.3, 0.4) is 0 Å². The summed E-state index contributed by atoms with van der Waals surface area (Å²) in [5.41, 5.74) is 2.73. The Balaban J connectivity index is 1.79. The standard InChI is InChI=1S/C26H31N3O3/c1-5-18(2)29(25(30)20-15-16-20)17-21-24(19-11-7-6-8-12-19)27-28(3)26(21)32-23-14-10-9-13-22(23)31-4/h6-14,18,20H,5,15-17H2,1-4H3/t18-/m1/s1. The van der Waals surface area contributed by atoms with Gasteiger partial charge in [0.25, 0.3) is 0 Å². The second-order valence-electron chi connectivity index (χ2n) is 8.37. The minimum atomic E-state index is 0.131. The maximum absolute atomic E-state index is 13.2. The van der Waals surface area contributed by atoms with E-state index in [-0.39, 0.29) is 17.9 Å². The molecule has 32 heavy (non-hydrogen) atoms. The minimum absolute atomic E-state index is 0.131. The Morgan fingerprint density at radius 1 is 1.12 bits per heavy atom. The molecular weight excluding hydrogens is 402 g/mol. The first kappa shape index (κ1) is 21.9. The van der Waals surface area contributed by atoms with E-state index in [4.69, 9.17) is 14.6 Å². The van der Waals surface area contributed by atoms with Gasteiger partial charge in [0, 0.05) is 24.6 Å². The molecule has 168 valence electrons. The monoisotopic (exact) mass is 433 g/mol. The number of aromatic nitrogens is 2. The summed E-state index contributed by atoms with van der Waals surface area (Å²) < 4.78 is 13.6. The van der Waals surface area contributed by atoms with Crippen LogP contribution in [0.25, 0.3) is 11.3 Å². The van der Waals surface area contributed by atoms with Gasteiger partial charge in [-0.15, -0.1) is 0 Å². The molecule has 1 amide bonds. The summed E-state index contributed by atoms with van der Waals surface area (Å²) in [4.78, 5) is 15.2. The first-order valence-electron chi connectivity index (χ1n) is 11.3. The van der Waals surface area contributed by atoms with Crippen LogP contribution in [-0.4, -0.2) is 33.7 Å². The van der Waals surface area contributed by atoms with Gasteiger partial charge in [-0.3, -0.25) is 4.79 Å². The number of rotatable bonds is 9. The number of hydrogen-bond donors (Lipinski definition) is 0. The Labute approximate surface area is 189 Å². The lowest BCUT2D eigenvalue weighted by atomic mass is 10.1. The number of carbonyl (C=O) groups excluding carboxylic acids is 1. The molecule has 0 aliphatic heterocycles. The van der Waals surface area contributed by atoms with E-state index in [2.05, 4.69) is 13.8 Å². The van der Waals surface area contributed by atoms with Crippen molar-refractivity contribution in [2.45, 2.75) is 45.7 Å². The van der Waals surface area contributed by atoms with Crippen LogP contribution in [0.15, 0.2) is 54.6 Å². The molecule has 3 aromatic rings. The van der Waals surface area contributed by atoms with E-state index < -0.39 is 0 Å². The molecule has 1 saturated carbocycles. The molecule has 0 spiro atoms. The Morgan fingerprint density at radius 2 is 1.78 bits per heavy atom. The Morgan fingerprint density at radius 3 is 2.41 bits per heavy atom. The van der Waals surface area contributed by atoms with Crippen molar-refractivity contribution in [3.05, 3.63) is 60.2 Å². The van der Waals surface area contributed by atoms with Crippen LogP contribution in [-0.2, 0) is 18.4 Å². The van der Waals surface area contributed by atoms with Gasteiger partial charge in [-0.25, -0.2) is 4.68 Å². The van der Waals surface area contributed by atoms with E-state index in [1.807, 2.05) is 66.5 Å². The van der Waals surface area contributed by atoms with Gasteiger partial charge in [0.1, 0.15) is 5.69 Å². The van der Waals surface area contributed by atoms with Crippen molar-refractivity contribution in [1.82, 2.24) is 14.7 Å². The van der Waals surface area contributed by atoms with E-state index in [0.29, 0.717) is 23.9 Å². The highest BCUT2D eigenvalue weighted by Crippen LogP contribution is 2.39. The van der Waals surface area contributed by atoms with Gasteiger partial charge in [0.2, 0.25) is 11.8 Å². The van der Waals surface area contributed by atoms with Gasteiger partial charge in [-0.2, -0.15) is 5.10 Å². The normalized spacial score (nSPS) is 14.1. The fourth-order valence-electron chi connectivity index (χ4n) is 3.86. The fraction of sp³-hybridized carbons (Fsp3) is 0.385. The SMILES string of the molecule is CC[C@@H](C)N(Cc1c(-c2ccccc2)nn(C)c1Oc1ccccc1OC)C(=O)C1CC1. The van der Waals surface area contributed by atoms with Gasteiger partial charge in [-0.1, -0.05) is 49.4 Å². The van der Waals surface area contributed by atoms with Crippen LogP contribution in [0.5, 0.6) is 17.4 Å². The number of nitrogens with zero attached hydrogens (tertiary/aromatic N) is 3. The number of amides is 1. The quantitative estimate of drug-likeness (QED) is 0.452. The molecule has 0 N–H and O–H groups in total. The highest BCUT2D eigenvalue weighted by molar-refractivity contribution is 5.81. The first-order valence-corrected chi connectivity index (χ1v) is 11.3. The van der Waals surface area contributed by atoms with Gasteiger partial charge in [-0.05, 0) is 38.3 Å². The Hall–Kier alpha value is -3.28. The molecule has 2 aromatic carbocycles. The van der Waals surface area contributed by atoms with E-state index >= 15 is 0 Å². The maximum Gasteiger partial charge on any atom is 0.226 e. The van der Waals surface area contributed by atoms with Crippen molar-refractivity contribution in [3.63, 3.8) is 0 Å². The molecular formula is C26H31N3O3. The second kappa shape index (κ2) is 9.47. The zero-order valence-electron chi connectivity index (χ0n) is 19.2. The summed E-state index contributed by atoms with van der Waals surface area (Å²) >= 11 is 0. The summed E-state index contributed by atoms with van der Waals surface area (Å²) in [5.74, 6) is 2.26. The molecule has 1 atom stereocenters. The number of aryl methyl sites for hydroxylation is 1. The van der Waals surface area contributed by atoms with Gasteiger partial charge in [0.05, 0.1) is 19.2 Å². The van der Waals surface area contributed by atoms with Gasteiger partial charge >= 0.3 is 0 Å². The van der Waals surface area contributed by atoms with E-state index in [1.165, 1.54) is 0 Å². The summed E-state index contributed by atoms with van der Waals surface area (Å²) in [7, 11) is 3.50. The molecule has 1 heterocycles. The molecule has 6 nitrogen and oxygen atoms in total. The lowest BCUT2D eigenvalue weighted by Gasteiger charge is -2.29. The molecule has 1 fully saturated rings. The molecule has 1 aromatic heterocycles. The number of carbonyl (C=O) groups is 1. The number of benzene rings is 2. The van der Waals surface area contributed by atoms with Crippen LogP contribution in [0.1, 0.15) is 38.7 Å². The number of methoxy groups -OCH3 is 1. The predicted molar refractivity (Wildman–Crippen MR) is 125 cm³/mol. The number of para-hydroxylation sites is 2. The first-order chi connectivity index (χ1) is 15.5. The average Bonchev–Trinajstić information content (AvgIpc) is 3.63. The van der Waals surface area contributed by atoms with Crippen molar-refractivity contribution < 1.29 is 14.3 Å². The molecule has 1 aliphatic carbocycles. The van der Waals surface area contributed by atoms with Crippen LogP contribution in [0, 0.1) is 5.92 Å². The number of ether oxygens (including phenoxy) is 2. The molecule has 6 heteroatoms. The van der Waals surface area contributed by atoms with E-state index in [9.17, 15) is 4.79 Å². The third kappa shape index (κ3) is 4.49. The average molecular weight is 434 g/mol. The summed E-state index contributed by atoms with van der Waals surface area (Å²) in [5, 5.41) is 4.80. The van der Waals surface area contributed by atoms with Gasteiger partial charge in [0.15, 0.2) is 11.5 Å². The highest BCUT2D eigenvalue weighted by Gasteiger charge is 2.36.